The Balaban J connectivity index is 0.000000227. The average Bonchev–Trinajstić information content (AvgIpc) is 3.25. The zero-order chi connectivity index (χ0) is 19.2. The van der Waals surface area contributed by atoms with Gasteiger partial charge >= 0.3 is 0 Å². The summed E-state index contributed by atoms with van der Waals surface area (Å²) in [6, 6.07) is 8.48. The van der Waals surface area contributed by atoms with Crippen LogP contribution in [0.1, 0.15) is 82.3 Å². The molecule has 0 bridgehead atoms. The van der Waals surface area contributed by atoms with E-state index in [2.05, 4.69) is 74.4 Å². The number of nitrogens with zero attached hydrogens (tertiary/aromatic N) is 1. The molecule has 1 aromatic heterocycles. The van der Waals surface area contributed by atoms with E-state index in [4.69, 9.17) is 0 Å². The van der Waals surface area contributed by atoms with Crippen LogP contribution in [-0.2, 0) is 19.3 Å². The summed E-state index contributed by atoms with van der Waals surface area (Å²) < 4.78 is 0. The minimum atomic E-state index is 1.06. The Morgan fingerprint density at radius 1 is 1.00 bits per heavy atom. The molecule has 1 aromatic carbocycles. The van der Waals surface area contributed by atoms with E-state index >= 15 is 0 Å². The molecule has 0 spiro atoms. The lowest BCUT2D eigenvalue weighted by molar-refractivity contribution is 0.754. The van der Waals surface area contributed by atoms with Gasteiger partial charge in [-0.1, -0.05) is 58.2 Å². The Hall–Kier alpha value is -1.77. The predicted octanol–water partition coefficient (Wildman–Crippen LogP) is 6.47. The molecule has 0 saturated carbocycles. The number of unbranched alkanes of at least 4 members (excludes halogenated alkanes) is 1. The number of aryl methyl sites for hydroxylation is 3. The number of aromatic nitrogens is 2. The number of hydrogen-bond acceptors (Lipinski definition) is 2. The van der Waals surface area contributed by atoms with Crippen LogP contribution in [0.5, 0.6) is 0 Å². The first-order chi connectivity index (χ1) is 12.7. The first-order valence-corrected chi connectivity index (χ1v) is 10.5. The lowest BCUT2D eigenvalue weighted by atomic mass is 10.1. The van der Waals surface area contributed by atoms with Crippen LogP contribution in [0.2, 0.25) is 0 Å². The standard InChI is InChI=1S/C10H16N2.C10H15N.C3H8/c1-2-3-6-9-8-5-4-7-10(8)12-11-9;1-3-8-11-10-6-4-9(2)5-7-10;1-3-2/h2-7H2,1H3,(H,11,12);4-7,11H,3,8H2,1-2H3;3H2,1-2H3. The summed E-state index contributed by atoms with van der Waals surface area (Å²) in [5.41, 5.74) is 6.80. The Kier molecular flexibility index (Phi) is 11.5. The number of aromatic amines is 1. The molecule has 0 atom stereocenters. The van der Waals surface area contributed by atoms with Gasteiger partial charge in [0.1, 0.15) is 0 Å². The molecular weight excluding hydrogens is 318 g/mol. The number of hydrogen-bond donors (Lipinski definition) is 2. The molecule has 2 aromatic rings. The molecule has 0 radical (unpaired) electrons. The topological polar surface area (TPSA) is 40.7 Å². The molecular formula is C23H39N3. The van der Waals surface area contributed by atoms with Crippen molar-refractivity contribution in [1.29, 1.82) is 0 Å². The summed E-state index contributed by atoms with van der Waals surface area (Å²) in [6.07, 6.45) is 9.93. The smallest absolute Gasteiger partial charge is 0.0656 e. The summed E-state index contributed by atoms with van der Waals surface area (Å²) in [5, 5.41) is 10.8. The number of fused-ring (bicyclic) bond motifs is 1. The normalized spacial score (nSPS) is 11.7. The molecule has 1 aliphatic carbocycles. The Morgan fingerprint density at radius 3 is 2.31 bits per heavy atom. The summed E-state index contributed by atoms with van der Waals surface area (Å²) >= 11 is 0. The summed E-state index contributed by atoms with van der Waals surface area (Å²) in [5.74, 6) is 0. The summed E-state index contributed by atoms with van der Waals surface area (Å²) in [7, 11) is 0. The van der Waals surface area contributed by atoms with Crippen LogP contribution in [0, 0.1) is 6.92 Å². The van der Waals surface area contributed by atoms with Crippen molar-refractivity contribution in [2.45, 2.75) is 86.0 Å². The fraction of sp³-hybridized carbons (Fsp3) is 0.609. The number of rotatable bonds is 6. The second kappa shape index (κ2) is 13.4. The van der Waals surface area contributed by atoms with E-state index in [0.29, 0.717) is 0 Å². The van der Waals surface area contributed by atoms with Crippen LogP contribution in [-0.4, -0.2) is 16.7 Å². The first-order valence-electron chi connectivity index (χ1n) is 10.5. The molecule has 0 saturated heterocycles. The molecule has 1 aliphatic rings. The number of H-pyrrole nitrogens is 1. The van der Waals surface area contributed by atoms with E-state index in [0.717, 1.165) is 6.54 Å². The molecule has 0 amide bonds. The molecule has 3 rings (SSSR count). The van der Waals surface area contributed by atoms with Gasteiger partial charge in [-0.05, 0) is 63.1 Å². The zero-order valence-electron chi connectivity index (χ0n) is 17.6. The van der Waals surface area contributed by atoms with Gasteiger partial charge in [-0.2, -0.15) is 5.10 Å². The minimum absolute atomic E-state index is 1.06. The van der Waals surface area contributed by atoms with Crippen molar-refractivity contribution in [3.05, 3.63) is 46.8 Å². The van der Waals surface area contributed by atoms with Gasteiger partial charge in [0.15, 0.2) is 0 Å². The maximum atomic E-state index is 4.35. The fourth-order valence-electron chi connectivity index (χ4n) is 2.88. The van der Waals surface area contributed by atoms with Crippen molar-refractivity contribution in [3.63, 3.8) is 0 Å². The molecule has 0 unspecified atom stereocenters. The van der Waals surface area contributed by atoms with Crippen molar-refractivity contribution in [2.75, 3.05) is 11.9 Å². The highest BCUT2D eigenvalue weighted by Crippen LogP contribution is 2.23. The van der Waals surface area contributed by atoms with Crippen molar-refractivity contribution < 1.29 is 0 Å². The van der Waals surface area contributed by atoms with E-state index in [1.807, 2.05) is 0 Å². The Bertz CT molecular complexity index is 584. The highest BCUT2D eigenvalue weighted by molar-refractivity contribution is 5.44. The van der Waals surface area contributed by atoms with Crippen molar-refractivity contribution in [2.24, 2.45) is 0 Å². The monoisotopic (exact) mass is 357 g/mol. The molecule has 0 aliphatic heterocycles. The van der Waals surface area contributed by atoms with E-state index in [1.54, 1.807) is 0 Å². The second-order valence-corrected chi connectivity index (χ2v) is 7.08. The quantitative estimate of drug-likeness (QED) is 0.621. The Labute approximate surface area is 161 Å². The Morgan fingerprint density at radius 2 is 1.69 bits per heavy atom. The highest BCUT2D eigenvalue weighted by atomic mass is 15.1. The molecule has 146 valence electrons. The maximum absolute atomic E-state index is 4.35. The second-order valence-electron chi connectivity index (χ2n) is 7.08. The molecule has 1 heterocycles. The lowest BCUT2D eigenvalue weighted by Gasteiger charge is -2.03. The van der Waals surface area contributed by atoms with Crippen molar-refractivity contribution >= 4 is 5.69 Å². The summed E-state index contributed by atoms with van der Waals surface area (Å²) in [4.78, 5) is 0. The van der Waals surface area contributed by atoms with Crippen LogP contribution >= 0.6 is 0 Å². The SMILES string of the molecule is CCC.CCCCc1n[nH]c2c1CCC2.CCCNc1ccc(C)cc1. The fourth-order valence-corrected chi connectivity index (χ4v) is 2.88. The highest BCUT2D eigenvalue weighted by Gasteiger charge is 2.17. The number of benzene rings is 1. The lowest BCUT2D eigenvalue weighted by Crippen LogP contribution is -1.98. The van der Waals surface area contributed by atoms with Gasteiger partial charge in [0, 0.05) is 17.9 Å². The molecule has 2 N–H and O–H groups in total. The first kappa shape index (κ1) is 22.3. The van der Waals surface area contributed by atoms with Crippen LogP contribution < -0.4 is 5.32 Å². The minimum Gasteiger partial charge on any atom is -0.385 e. The van der Waals surface area contributed by atoms with Crippen LogP contribution in [0.25, 0.3) is 0 Å². The van der Waals surface area contributed by atoms with Gasteiger partial charge in [-0.15, -0.1) is 0 Å². The van der Waals surface area contributed by atoms with Gasteiger partial charge in [-0.3, -0.25) is 5.10 Å². The van der Waals surface area contributed by atoms with E-state index in [9.17, 15) is 0 Å². The van der Waals surface area contributed by atoms with E-state index in [1.165, 1.54) is 79.6 Å². The van der Waals surface area contributed by atoms with E-state index in [-0.39, 0.29) is 0 Å². The summed E-state index contributed by atoms with van der Waals surface area (Å²) in [6.45, 7) is 11.8. The third-order valence-corrected chi connectivity index (χ3v) is 4.29. The molecule has 3 heteroatoms. The number of nitrogens with one attached hydrogen (secondary N) is 2. The van der Waals surface area contributed by atoms with Crippen LogP contribution in [0.4, 0.5) is 5.69 Å². The van der Waals surface area contributed by atoms with Gasteiger partial charge < -0.3 is 5.32 Å². The molecule has 3 nitrogen and oxygen atoms in total. The van der Waals surface area contributed by atoms with Crippen LogP contribution in [0.15, 0.2) is 24.3 Å². The van der Waals surface area contributed by atoms with E-state index < -0.39 is 0 Å². The largest absolute Gasteiger partial charge is 0.385 e. The van der Waals surface area contributed by atoms with Gasteiger partial charge in [0.25, 0.3) is 0 Å². The van der Waals surface area contributed by atoms with Gasteiger partial charge in [-0.25, -0.2) is 0 Å². The average molecular weight is 358 g/mol. The van der Waals surface area contributed by atoms with Crippen molar-refractivity contribution in [1.82, 2.24) is 10.2 Å². The predicted molar refractivity (Wildman–Crippen MR) is 115 cm³/mol. The third kappa shape index (κ3) is 8.07. The maximum Gasteiger partial charge on any atom is 0.0656 e. The van der Waals surface area contributed by atoms with Crippen molar-refractivity contribution in [3.8, 4) is 0 Å². The zero-order valence-corrected chi connectivity index (χ0v) is 17.6. The molecule has 26 heavy (non-hydrogen) atoms. The number of anilines is 1. The third-order valence-electron chi connectivity index (χ3n) is 4.29. The van der Waals surface area contributed by atoms with Gasteiger partial charge in [0.05, 0.1) is 5.69 Å². The van der Waals surface area contributed by atoms with Gasteiger partial charge in [0.2, 0.25) is 0 Å². The molecule has 0 fully saturated rings. The van der Waals surface area contributed by atoms with Crippen LogP contribution in [0.3, 0.4) is 0 Å².